The molecule has 0 saturated heterocycles. The summed E-state index contributed by atoms with van der Waals surface area (Å²) in [7, 11) is 1.22. The Bertz CT molecular complexity index is 1990. The molecule has 3 aromatic rings. The average molecular weight is 851 g/mol. The van der Waals surface area contributed by atoms with Gasteiger partial charge in [0.15, 0.2) is 0 Å². The Hall–Kier alpha value is -5.48. The number of benzene rings is 2. The van der Waals surface area contributed by atoms with Crippen LogP contribution in [0.4, 0.5) is 4.79 Å². The van der Waals surface area contributed by atoms with E-state index in [1.807, 2.05) is 40.7 Å². The zero-order chi connectivity index (χ0) is 45.9. The first-order valence-electron chi connectivity index (χ1n) is 20.5. The SMILES string of the molecule is COC(=O)[C@H](CC(C)C)NC(=O)CNC(=O)[C@H](Cc1ccc(OC(C)(C)C)cc1)NC(=O)[C@H](COC(C)(C)C)NC(=O)[C@@H](N)Cc1cn(C(=O)OC(C)(C)C)c2ccccc12. The van der Waals surface area contributed by atoms with E-state index in [1.165, 1.54) is 11.7 Å². The molecule has 16 heteroatoms. The van der Waals surface area contributed by atoms with Crippen LogP contribution in [0, 0.1) is 5.92 Å². The molecule has 336 valence electrons. The largest absolute Gasteiger partial charge is 0.488 e. The number of para-hydroxylation sites is 1. The maximum Gasteiger partial charge on any atom is 0.419 e. The Labute approximate surface area is 359 Å². The molecule has 61 heavy (non-hydrogen) atoms. The second kappa shape index (κ2) is 21.4. The van der Waals surface area contributed by atoms with Gasteiger partial charge in [-0.2, -0.15) is 0 Å². The van der Waals surface area contributed by atoms with Gasteiger partial charge in [0.25, 0.3) is 0 Å². The van der Waals surface area contributed by atoms with Gasteiger partial charge in [-0.1, -0.05) is 44.2 Å². The van der Waals surface area contributed by atoms with E-state index in [0.29, 0.717) is 34.2 Å². The van der Waals surface area contributed by atoms with Crippen molar-refractivity contribution < 1.29 is 47.7 Å². The molecule has 0 unspecified atom stereocenters. The molecule has 0 bridgehead atoms. The molecule has 16 nitrogen and oxygen atoms in total. The van der Waals surface area contributed by atoms with E-state index in [-0.39, 0.29) is 25.4 Å². The molecule has 0 fully saturated rings. The molecule has 0 aliphatic rings. The van der Waals surface area contributed by atoms with Crippen molar-refractivity contribution in [3.05, 3.63) is 65.9 Å². The number of amides is 4. The van der Waals surface area contributed by atoms with E-state index in [9.17, 15) is 28.8 Å². The van der Waals surface area contributed by atoms with Crippen LogP contribution in [-0.4, -0.2) is 101 Å². The molecule has 3 rings (SSSR count). The minimum atomic E-state index is -1.31. The Morgan fingerprint density at radius 2 is 1.34 bits per heavy atom. The van der Waals surface area contributed by atoms with Crippen LogP contribution in [0.25, 0.3) is 10.9 Å². The normalized spacial score (nSPS) is 14.0. The molecular weight excluding hydrogens is 785 g/mol. The number of hydrogen-bond acceptors (Lipinski definition) is 11. The summed E-state index contributed by atoms with van der Waals surface area (Å²) < 4.78 is 23.7. The number of methoxy groups -OCH3 is 1. The molecule has 4 atom stereocenters. The second-order valence-electron chi connectivity index (χ2n) is 18.4. The number of carbonyl (C=O) groups excluding carboxylic acids is 6. The molecule has 2 aromatic carbocycles. The van der Waals surface area contributed by atoms with Crippen molar-refractivity contribution in [3.63, 3.8) is 0 Å². The third-order valence-electron chi connectivity index (χ3n) is 8.85. The fraction of sp³-hybridized carbons (Fsp3) is 0.556. The van der Waals surface area contributed by atoms with Gasteiger partial charge in [0.2, 0.25) is 23.6 Å². The highest BCUT2D eigenvalue weighted by atomic mass is 16.6. The van der Waals surface area contributed by atoms with E-state index >= 15 is 0 Å². The maximum atomic E-state index is 14.1. The zero-order valence-corrected chi connectivity index (χ0v) is 37.7. The predicted octanol–water partition coefficient (Wildman–Crippen LogP) is 4.32. The van der Waals surface area contributed by atoms with Crippen molar-refractivity contribution in [3.8, 4) is 5.75 Å². The number of ether oxygens (including phenoxy) is 4. The maximum absolute atomic E-state index is 14.1. The molecular formula is C45H66N6O10. The van der Waals surface area contributed by atoms with Crippen LogP contribution < -0.4 is 31.7 Å². The summed E-state index contributed by atoms with van der Waals surface area (Å²) in [5, 5.41) is 11.3. The van der Waals surface area contributed by atoms with Gasteiger partial charge in [0.05, 0.1) is 37.4 Å². The summed E-state index contributed by atoms with van der Waals surface area (Å²) in [6, 6.07) is 9.55. The van der Waals surface area contributed by atoms with E-state index in [0.717, 1.165) is 0 Å². The lowest BCUT2D eigenvalue weighted by molar-refractivity contribution is -0.145. The lowest BCUT2D eigenvalue weighted by Crippen LogP contribution is -2.58. The molecule has 0 radical (unpaired) electrons. The van der Waals surface area contributed by atoms with Crippen LogP contribution in [0.2, 0.25) is 0 Å². The summed E-state index contributed by atoms with van der Waals surface area (Å²) in [6.45, 7) is 19.4. The molecule has 6 N–H and O–H groups in total. The molecule has 0 spiro atoms. The van der Waals surface area contributed by atoms with Crippen LogP contribution in [0.1, 0.15) is 93.7 Å². The van der Waals surface area contributed by atoms with Crippen LogP contribution in [0.3, 0.4) is 0 Å². The van der Waals surface area contributed by atoms with Crippen molar-refractivity contribution in [1.29, 1.82) is 0 Å². The zero-order valence-electron chi connectivity index (χ0n) is 37.7. The van der Waals surface area contributed by atoms with Gasteiger partial charge in [-0.3, -0.25) is 23.7 Å². The second-order valence-corrected chi connectivity index (χ2v) is 18.4. The molecule has 1 heterocycles. The van der Waals surface area contributed by atoms with Crippen LogP contribution in [0.15, 0.2) is 54.7 Å². The number of rotatable bonds is 18. The molecule has 0 aliphatic heterocycles. The van der Waals surface area contributed by atoms with Gasteiger partial charge in [0, 0.05) is 18.0 Å². The van der Waals surface area contributed by atoms with Gasteiger partial charge in [0.1, 0.15) is 35.1 Å². The third-order valence-corrected chi connectivity index (χ3v) is 8.85. The first kappa shape index (κ1) is 49.9. The highest BCUT2D eigenvalue weighted by Gasteiger charge is 2.31. The summed E-state index contributed by atoms with van der Waals surface area (Å²) >= 11 is 0. The quantitative estimate of drug-likeness (QED) is 0.114. The van der Waals surface area contributed by atoms with Crippen molar-refractivity contribution in [1.82, 2.24) is 25.8 Å². The highest BCUT2D eigenvalue weighted by Crippen LogP contribution is 2.24. The lowest BCUT2D eigenvalue weighted by Gasteiger charge is -2.27. The van der Waals surface area contributed by atoms with Crippen molar-refractivity contribution in [2.75, 3.05) is 20.3 Å². The first-order chi connectivity index (χ1) is 28.2. The number of nitrogens with one attached hydrogen (secondary N) is 4. The van der Waals surface area contributed by atoms with E-state index in [4.69, 9.17) is 24.7 Å². The number of hydrogen-bond donors (Lipinski definition) is 5. The minimum absolute atomic E-state index is 0.00482. The molecule has 0 aliphatic carbocycles. The molecule has 1 aromatic heterocycles. The third kappa shape index (κ3) is 16.8. The topological polar surface area (TPSA) is 218 Å². The van der Waals surface area contributed by atoms with Crippen molar-refractivity contribution in [2.45, 2.75) is 136 Å². The monoisotopic (exact) mass is 850 g/mol. The number of fused-ring (bicyclic) bond motifs is 1. The summed E-state index contributed by atoms with van der Waals surface area (Å²) in [5.74, 6) is -2.70. The Kier molecular flexibility index (Phi) is 17.5. The molecule has 0 saturated carbocycles. The van der Waals surface area contributed by atoms with Crippen molar-refractivity contribution >= 4 is 46.6 Å². The number of nitrogens with two attached hydrogens (primary N) is 1. The van der Waals surface area contributed by atoms with Gasteiger partial charge in [-0.25, -0.2) is 9.59 Å². The summed E-state index contributed by atoms with van der Waals surface area (Å²) in [4.78, 5) is 80.0. The van der Waals surface area contributed by atoms with Crippen LogP contribution in [0.5, 0.6) is 5.75 Å². The summed E-state index contributed by atoms with van der Waals surface area (Å²) in [5.41, 5.74) is 6.40. The van der Waals surface area contributed by atoms with E-state index in [1.54, 1.807) is 90.2 Å². The lowest BCUT2D eigenvalue weighted by atomic mass is 10.0. The molecule has 4 amide bonds. The van der Waals surface area contributed by atoms with Gasteiger partial charge < -0.3 is 45.9 Å². The fourth-order valence-electron chi connectivity index (χ4n) is 6.13. The number of aromatic nitrogens is 1. The smallest absolute Gasteiger partial charge is 0.419 e. The first-order valence-corrected chi connectivity index (χ1v) is 20.5. The standard InChI is InChI=1S/C45H66N6O10/c1-27(2)21-34(41(56)58-12)48-37(52)24-47-39(54)33(22-28-17-19-30(20-18-28)60-44(6,7)8)49-40(55)35(26-59-43(3,4)5)50-38(53)32(46)23-29-25-51(42(57)61-45(9,10)11)36-16-14-13-15-31(29)36/h13-20,25,27,32-35H,21-24,26,46H2,1-12H3,(H,47,54)(H,48,52)(H,49,55)(H,50,53)/t32-,33-,34-,35-/m0/s1. The number of carbonyl (C=O) groups is 6. The average Bonchev–Trinajstić information content (AvgIpc) is 3.51. The predicted molar refractivity (Wildman–Crippen MR) is 232 cm³/mol. The minimum Gasteiger partial charge on any atom is -0.488 e. The van der Waals surface area contributed by atoms with E-state index < -0.39 is 83.2 Å². The Balaban J connectivity index is 1.86. The Morgan fingerprint density at radius 1 is 0.721 bits per heavy atom. The van der Waals surface area contributed by atoms with Crippen molar-refractivity contribution in [2.24, 2.45) is 11.7 Å². The highest BCUT2D eigenvalue weighted by molar-refractivity contribution is 5.96. The van der Waals surface area contributed by atoms with Crippen LogP contribution in [-0.2, 0) is 51.0 Å². The van der Waals surface area contributed by atoms with Gasteiger partial charge in [-0.05, 0) is 110 Å². The summed E-state index contributed by atoms with van der Waals surface area (Å²) in [6.07, 6.45) is 1.32. The van der Waals surface area contributed by atoms with Crippen LogP contribution >= 0.6 is 0 Å². The fourth-order valence-corrected chi connectivity index (χ4v) is 6.13. The van der Waals surface area contributed by atoms with Gasteiger partial charge in [-0.15, -0.1) is 0 Å². The number of nitrogens with zero attached hydrogens (tertiary/aromatic N) is 1. The van der Waals surface area contributed by atoms with E-state index in [2.05, 4.69) is 21.3 Å². The van der Waals surface area contributed by atoms with Gasteiger partial charge >= 0.3 is 12.1 Å². The number of esters is 1. The Morgan fingerprint density at radius 3 is 1.92 bits per heavy atom.